The van der Waals surface area contributed by atoms with Crippen molar-refractivity contribution in [2.45, 2.75) is 39.7 Å². The first-order valence-corrected chi connectivity index (χ1v) is 6.75. The van der Waals surface area contributed by atoms with Crippen LogP contribution in [0.5, 0.6) is 0 Å². The van der Waals surface area contributed by atoms with Gasteiger partial charge in [-0.15, -0.1) is 0 Å². The van der Waals surface area contributed by atoms with Gasteiger partial charge in [0.05, 0.1) is 11.7 Å². The molecule has 0 unspecified atom stereocenters. The summed E-state index contributed by atoms with van der Waals surface area (Å²) < 4.78 is 10.2. The summed E-state index contributed by atoms with van der Waals surface area (Å²) in [4.78, 5) is 14.4. The second-order valence-corrected chi connectivity index (χ2v) is 5.22. The molecule has 0 radical (unpaired) electrons. The molecule has 106 valence electrons. The summed E-state index contributed by atoms with van der Waals surface area (Å²) in [7, 11) is 0. The Morgan fingerprint density at radius 2 is 2.10 bits per heavy atom. The highest BCUT2D eigenvalue weighted by Gasteiger charge is 2.35. The molecule has 1 atom stereocenters. The molecule has 0 aromatic carbocycles. The quantitative estimate of drug-likeness (QED) is 0.842. The van der Waals surface area contributed by atoms with Crippen LogP contribution in [0.2, 0.25) is 0 Å². The van der Waals surface area contributed by atoms with Crippen LogP contribution in [-0.2, 0) is 0 Å². The van der Waals surface area contributed by atoms with E-state index in [0.29, 0.717) is 11.5 Å². The molecule has 1 fully saturated rings. The van der Waals surface area contributed by atoms with E-state index in [1.165, 1.54) is 0 Å². The van der Waals surface area contributed by atoms with Gasteiger partial charge in [0.15, 0.2) is 5.69 Å². The van der Waals surface area contributed by atoms with Crippen molar-refractivity contribution in [1.82, 2.24) is 15.2 Å². The van der Waals surface area contributed by atoms with Crippen molar-refractivity contribution in [3.63, 3.8) is 0 Å². The zero-order chi connectivity index (χ0) is 14.3. The highest BCUT2D eigenvalue weighted by atomic mass is 16.5. The molecule has 0 N–H and O–H groups in total. The number of aromatic nitrogens is 2. The number of carbonyl (C=O) groups is 1. The number of hydrogen-bond donors (Lipinski definition) is 0. The molecule has 2 aromatic rings. The van der Waals surface area contributed by atoms with Crippen molar-refractivity contribution >= 4 is 5.91 Å². The van der Waals surface area contributed by atoms with Gasteiger partial charge >= 0.3 is 0 Å². The SMILES string of the molecule is Cc1cc(C(=O)N2CCC[C@H]2c2c(C)noc2C)no1. The van der Waals surface area contributed by atoms with Gasteiger partial charge in [0.1, 0.15) is 11.5 Å². The molecule has 6 heteroatoms. The Kier molecular flexibility index (Phi) is 3.08. The van der Waals surface area contributed by atoms with Crippen LogP contribution in [0.25, 0.3) is 0 Å². The van der Waals surface area contributed by atoms with E-state index in [1.807, 2.05) is 18.7 Å². The number of aryl methyl sites for hydroxylation is 3. The molecule has 0 spiro atoms. The predicted octanol–water partition coefficient (Wildman–Crippen LogP) is 2.57. The van der Waals surface area contributed by atoms with E-state index in [-0.39, 0.29) is 11.9 Å². The lowest BCUT2D eigenvalue weighted by Gasteiger charge is -2.23. The summed E-state index contributed by atoms with van der Waals surface area (Å²) in [5.41, 5.74) is 2.24. The van der Waals surface area contributed by atoms with Gasteiger partial charge < -0.3 is 13.9 Å². The minimum absolute atomic E-state index is 0.0192. The third kappa shape index (κ3) is 2.01. The normalized spacial score (nSPS) is 18.8. The third-order valence-electron chi connectivity index (χ3n) is 3.78. The van der Waals surface area contributed by atoms with Gasteiger partial charge in [-0.25, -0.2) is 0 Å². The molecule has 1 aliphatic rings. The Morgan fingerprint density at radius 1 is 1.30 bits per heavy atom. The maximum absolute atomic E-state index is 12.5. The van der Waals surface area contributed by atoms with Gasteiger partial charge in [0, 0.05) is 18.2 Å². The van der Waals surface area contributed by atoms with Crippen LogP contribution in [0.4, 0.5) is 0 Å². The fraction of sp³-hybridized carbons (Fsp3) is 0.500. The van der Waals surface area contributed by atoms with Gasteiger partial charge in [0.2, 0.25) is 0 Å². The van der Waals surface area contributed by atoms with E-state index < -0.39 is 0 Å². The molecular weight excluding hydrogens is 258 g/mol. The van der Waals surface area contributed by atoms with E-state index in [4.69, 9.17) is 9.05 Å². The van der Waals surface area contributed by atoms with Crippen LogP contribution in [-0.4, -0.2) is 27.7 Å². The molecular formula is C14H17N3O3. The lowest BCUT2D eigenvalue weighted by molar-refractivity contribution is 0.0724. The van der Waals surface area contributed by atoms with Gasteiger partial charge in [-0.3, -0.25) is 4.79 Å². The monoisotopic (exact) mass is 275 g/mol. The Morgan fingerprint density at radius 3 is 2.70 bits per heavy atom. The Hall–Kier alpha value is -2.11. The first-order valence-electron chi connectivity index (χ1n) is 6.75. The Balaban J connectivity index is 1.91. The van der Waals surface area contributed by atoms with Crippen LogP contribution in [0.1, 0.15) is 52.1 Å². The molecule has 0 saturated carbocycles. The fourth-order valence-corrected chi connectivity index (χ4v) is 2.89. The third-order valence-corrected chi connectivity index (χ3v) is 3.78. The molecule has 0 bridgehead atoms. The van der Waals surface area contributed by atoms with Gasteiger partial charge in [0.25, 0.3) is 5.91 Å². The molecule has 2 aromatic heterocycles. The highest BCUT2D eigenvalue weighted by molar-refractivity contribution is 5.92. The molecule has 1 amide bonds. The molecule has 0 aliphatic carbocycles. The van der Waals surface area contributed by atoms with Crippen LogP contribution in [0, 0.1) is 20.8 Å². The van der Waals surface area contributed by atoms with Gasteiger partial charge in [-0.1, -0.05) is 10.3 Å². The predicted molar refractivity (Wildman–Crippen MR) is 70.2 cm³/mol. The summed E-state index contributed by atoms with van der Waals surface area (Å²) in [5.74, 6) is 1.33. The van der Waals surface area contributed by atoms with Crippen LogP contribution >= 0.6 is 0 Å². The maximum atomic E-state index is 12.5. The molecule has 20 heavy (non-hydrogen) atoms. The lowest BCUT2D eigenvalue weighted by Crippen LogP contribution is -2.31. The highest BCUT2D eigenvalue weighted by Crippen LogP contribution is 2.36. The first kappa shape index (κ1) is 12.9. The number of rotatable bonds is 2. The molecule has 1 saturated heterocycles. The summed E-state index contributed by atoms with van der Waals surface area (Å²) in [5, 5.41) is 7.80. The average Bonchev–Trinajstić information content (AvgIpc) is 3.10. The number of amides is 1. The average molecular weight is 275 g/mol. The number of carbonyl (C=O) groups excluding carboxylic acids is 1. The minimum atomic E-state index is -0.0932. The lowest BCUT2D eigenvalue weighted by atomic mass is 10.0. The van der Waals surface area contributed by atoms with Crippen molar-refractivity contribution < 1.29 is 13.8 Å². The van der Waals surface area contributed by atoms with Gasteiger partial charge in [-0.05, 0) is 33.6 Å². The first-order chi connectivity index (χ1) is 9.58. The summed E-state index contributed by atoms with van der Waals surface area (Å²) >= 11 is 0. The second kappa shape index (κ2) is 4.77. The van der Waals surface area contributed by atoms with E-state index in [1.54, 1.807) is 13.0 Å². The van der Waals surface area contributed by atoms with Crippen molar-refractivity contribution in [1.29, 1.82) is 0 Å². The topological polar surface area (TPSA) is 72.4 Å². The fourth-order valence-electron chi connectivity index (χ4n) is 2.89. The van der Waals surface area contributed by atoms with E-state index >= 15 is 0 Å². The Bertz CT molecular complexity index is 624. The zero-order valence-corrected chi connectivity index (χ0v) is 11.8. The van der Waals surface area contributed by atoms with Crippen LogP contribution < -0.4 is 0 Å². The molecule has 3 heterocycles. The van der Waals surface area contributed by atoms with E-state index in [2.05, 4.69) is 10.3 Å². The Labute approximate surface area is 116 Å². The molecule has 1 aliphatic heterocycles. The van der Waals surface area contributed by atoms with E-state index in [0.717, 1.165) is 36.4 Å². The summed E-state index contributed by atoms with van der Waals surface area (Å²) in [6.45, 7) is 6.29. The van der Waals surface area contributed by atoms with E-state index in [9.17, 15) is 4.79 Å². The smallest absolute Gasteiger partial charge is 0.276 e. The molecule has 3 rings (SSSR count). The number of nitrogens with zero attached hydrogens (tertiary/aromatic N) is 3. The van der Waals surface area contributed by atoms with Crippen molar-refractivity contribution in [2.75, 3.05) is 6.54 Å². The van der Waals surface area contributed by atoms with Crippen molar-refractivity contribution in [3.8, 4) is 0 Å². The molecule has 6 nitrogen and oxygen atoms in total. The van der Waals surface area contributed by atoms with Crippen molar-refractivity contribution in [3.05, 3.63) is 34.5 Å². The van der Waals surface area contributed by atoms with Crippen LogP contribution in [0.15, 0.2) is 15.1 Å². The summed E-state index contributed by atoms with van der Waals surface area (Å²) in [6, 6.07) is 1.69. The van der Waals surface area contributed by atoms with Crippen LogP contribution in [0.3, 0.4) is 0 Å². The number of likely N-dealkylation sites (tertiary alicyclic amines) is 1. The standard InChI is InChI=1S/C14H17N3O3/c1-8-7-11(16-19-8)14(18)17-6-4-5-12(17)13-9(2)15-20-10(13)3/h7,12H,4-6H2,1-3H3/t12-/m0/s1. The summed E-state index contributed by atoms with van der Waals surface area (Å²) in [6.07, 6.45) is 1.89. The zero-order valence-electron chi connectivity index (χ0n) is 11.8. The second-order valence-electron chi connectivity index (χ2n) is 5.22. The van der Waals surface area contributed by atoms with Gasteiger partial charge in [-0.2, -0.15) is 0 Å². The minimum Gasteiger partial charge on any atom is -0.361 e. The maximum Gasteiger partial charge on any atom is 0.276 e. The largest absolute Gasteiger partial charge is 0.361 e. The number of hydrogen-bond acceptors (Lipinski definition) is 5. The van der Waals surface area contributed by atoms with Crippen molar-refractivity contribution in [2.24, 2.45) is 0 Å².